The topological polar surface area (TPSA) is 48.6 Å². The number of halogens is 1. The fourth-order valence-corrected chi connectivity index (χ4v) is 1.08. The third kappa shape index (κ3) is 2.22. The lowest BCUT2D eigenvalue weighted by molar-refractivity contribution is 0.609. The normalized spacial score (nSPS) is 10.8. The van der Waals surface area contributed by atoms with Crippen LogP contribution in [0.15, 0.2) is 22.4 Å². The van der Waals surface area contributed by atoms with Gasteiger partial charge in [-0.05, 0) is 25.5 Å². The van der Waals surface area contributed by atoms with E-state index < -0.39 is 0 Å². The average Bonchev–Trinajstić information content (AvgIpc) is 2.18. The van der Waals surface area contributed by atoms with Crippen LogP contribution in [0.2, 0.25) is 0 Å². The van der Waals surface area contributed by atoms with Crippen molar-refractivity contribution in [2.75, 3.05) is 6.54 Å². The molecule has 0 radical (unpaired) electrons. The number of rotatable bonds is 3. The molecule has 0 fully saturated rings. The summed E-state index contributed by atoms with van der Waals surface area (Å²) in [5.74, 6) is -0.240. The highest BCUT2D eigenvalue weighted by Gasteiger charge is 2.05. The van der Waals surface area contributed by atoms with Crippen LogP contribution in [-0.2, 0) is 0 Å². The molecule has 0 amide bonds. The number of hydrogen-bond donors (Lipinski definition) is 1. The van der Waals surface area contributed by atoms with Crippen LogP contribution in [0.5, 0.6) is 0 Å². The van der Waals surface area contributed by atoms with E-state index in [9.17, 15) is 4.39 Å². The molecule has 0 unspecified atom stereocenters. The quantitative estimate of drug-likeness (QED) is 0.566. The smallest absolute Gasteiger partial charge is 0.131 e. The molecule has 0 heterocycles. The van der Waals surface area contributed by atoms with Gasteiger partial charge in [0.25, 0.3) is 0 Å². The second kappa shape index (κ2) is 4.60. The summed E-state index contributed by atoms with van der Waals surface area (Å²) in [6.07, 6.45) is 1.14. The number of benzene rings is 1. The Kier molecular flexibility index (Phi) is 3.45. The molecular formula is C10H12FN3. The summed E-state index contributed by atoms with van der Waals surface area (Å²) in [4.78, 5) is 0. The molecule has 0 bridgehead atoms. The Labute approximate surface area is 82.2 Å². The summed E-state index contributed by atoms with van der Waals surface area (Å²) < 4.78 is 13.4. The Morgan fingerprint density at radius 1 is 1.43 bits per heavy atom. The van der Waals surface area contributed by atoms with E-state index in [1.807, 2.05) is 0 Å². The van der Waals surface area contributed by atoms with E-state index in [0.29, 0.717) is 16.8 Å². The van der Waals surface area contributed by atoms with Gasteiger partial charge in [0.2, 0.25) is 0 Å². The van der Waals surface area contributed by atoms with Crippen LogP contribution in [-0.4, -0.2) is 12.8 Å². The minimum absolute atomic E-state index is 0.231. The number of nitrogens with one attached hydrogen (secondary N) is 1. The molecule has 1 aromatic rings. The van der Waals surface area contributed by atoms with Crippen molar-refractivity contribution in [1.29, 1.82) is 5.41 Å². The van der Waals surface area contributed by atoms with Crippen molar-refractivity contribution in [3.63, 3.8) is 0 Å². The predicted octanol–water partition coefficient (Wildman–Crippen LogP) is 3.18. The van der Waals surface area contributed by atoms with Crippen LogP contribution in [0.25, 0.3) is 0 Å². The predicted molar refractivity (Wildman–Crippen MR) is 54.0 cm³/mol. The molecule has 0 saturated heterocycles. The summed E-state index contributed by atoms with van der Waals surface area (Å²) in [5.41, 5.74) is 1.63. The second-order valence-corrected chi connectivity index (χ2v) is 2.97. The van der Waals surface area contributed by atoms with Crippen LogP contribution in [0.1, 0.15) is 11.1 Å². The lowest BCUT2D eigenvalue weighted by Crippen LogP contribution is -1.87. The van der Waals surface area contributed by atoms with Crippen molar-refractivity contribution < 1.29 is 4.39 Å². The van der Waals surface area contributed by atoms with Gasteiger partial charge >= 0.3 is 0 Å². The first-order valence-corrected chi connectivity index (χ1v) is 4.29. The van der Waals surface area contributed by atoms with Crippen molar-refractivity contribution in [3.8, 4) is 0 Å². The lowest BCUT2D eigenvalue weighted by Gasteiger charge is -2.02. The van der Waals surface area contributed by atoms with Gasteiger partial charge in [0.15, 0.2) is 0 Å². The largest absolute Gasteiger partial charge is 0.311 e. The lowest BCUT2D eigenvalue weighted by atomic mass is 10.1. The Morgan fingerprint density at radius 3 is 2.79 bits per heavy atom. The van der Waals surface area contributed by atoms with Gasteiger partial charge in [-0.15, -0.1) is 0 Å². The third-order valence-electron chi connectivity index (χ3n) is 1.90. The van der Waals surface area contributed by atoms with E-state index in [4.69, 9.17) is 5.41 Å². The SMILES string of the molecule is Cc1ccc(N=NCC=N)c(C)c1F. The monoisotopic (exact) mass is 193 g/mol. The molecule has 0 spiro atoms. The van der Waals surface area contributed by atoms with E-state index in [1.165, 1.54) is 0 Å². The molecule has 4 heteroatoms. The van der Waals surface area contributed by atoms with Gasteiger partial charge in [0.05, 0.1) is 12.2 Å². The van der Waals surface area contributed by atoms with Gasteiger partial charge < -0.3 is 5.41 Å². The Balaban J connectivity index is 2.99. The minimum Gasteiger partial charge on any atom is -0.311 e. The molecule has 0 aromatic heterocycles. The van der Waals surface area contributed by atoms with Crippen LogP contribution >= 0.6 is 0 Å². The van der Waals surface area contributed by atoms with E-state index >= 15 is 0 Å². The maximum Gasteiger partial charge on any atom is 0.131 e. The van der Waals surface area contributed by atoms with Crippen molar-refractivity contribution in [2.24, 2.45) is 10.2 Å². The van der Waals surface area contributed by atoms with Crippen LogP contribution in [0, 0.1) is 25.1 Å². The zero-order valence-electron chi connectivity index (χ0n) is 8.21. The van der Waals surface area contributed by atoms with Crippen LogP contribution in [0.3, 0.4) is 0 Å². The highest BCUT2D eigenvalue weighted by Crippen LogP contribution is 2.23. The van der Waals surface area contributed by atoms with Gasteiger partial charge in [0, 0.05) is 11.8 Å². The molecule has 0 atom stereocenters. The molecule has 0 aliphatic carbocycles. The molecule has 0 aliphatic heterocycles. The number of aryl methyl sites for hydroxylation is 1. The molecule has 1 aromatic carbocycles. The highest BCUT2D eigenvalue weighted by molar-refractivity contribution is 5.55. The van der Waals surface area contributed by atoms with Crippen LogP contribution < -0.4 is 0 Å². The number of azo groups is 1. The van der Waals surface area contributed by atoms with Crippen molar-refractivity contribution in [2.45, 2.75) is 13.8 Å². The molecule has 0 aliphatic rings. The van der Waals surface area contributed by atoms with E-state index in [1.54, 1.807) is 26.0 Å². The maximum atomic E-state index is 13.4. The van der Waals surface area contributed by atoms with Gasteiger partial charge in [-0.2, -0.15) is 10.2 Å². The minimum atomic E-state index is -0.240. The first-order chi connectivity index (χ1) is 6.66. The zero-order valence-corrected chi connectivity index (χ0v) is 8.21. The molecular weight excluding hydrogens is 181 g/mol. The Morgan fingerprint density at radius 2 is 2.14 bits per heavy atom. The fourth-order valence-electron chi connectivity index (χ4n) is 1.08. The van der Waals surface area contributed by atoms with Gasteiger partial charge in [0.1, 0.15) is 5.82 Å². The van der Waals surface area contributed by atoms with Crippen LogP contribution in [0.4, 0.5) is 10.1 Å². The van der Waals surface area contributed by atoms with Gasteiger partial charge in [-0.25, -0.2) is 4.39 Å². The molecule has 3 nitrogen and oxygen atoms in total. The first-order valence-electron chi connectivity index (χ1n) is 4.29. The van der Waals surface area contributed by atoms with Gasteiger partial charge in [-0.3, -0.25) is 0 Å². The summed E-state index contributed by atoms with van der Waals surface area (Å²) >= 11 is 0. The standard InChI is InChI=1S/C10H12FN3/c1-7-3-4-9(8(2)10(7)11)14-13-6-5-12/h3-5,12H,6H2,1-2H3. The van der Waals surface area contributed by atoms with E-state index in [0.717, 1.165) is 6.21 Å². The van der Waals surface area contributed by atoms with E-state index in [2.05, 4.69) is 10.2 Å². The number of hydrogen-bond acceptors (Lipinski definition) is 3. The number of nitrogens with zero attached hydrogens (tertiary/aromatic N) is 2. The molecule has 14 heavy (non-hydrogen) atoms. The molecule has 1 rings (SSSR count). The molecule has 0 saturated carbocycles. The van der Waals surface area contributed by atoms with Crippen molar-refractivity contribution in [1.82, 2.24) is 0 Å². The first kappa shape index (κ1) is 10.5. The molecule has 74 valence electrons. The summed E-state index contributed by atoms with van der Waals surface area (Å²) in [6, 6.07) is 3.39. The summed E-state index contributed by atoms with van der Waals surface area (Å²) in [5, 5.41) is 14.3. The zero-order chi connectivity index (χ0) is 10.6. The van der Waals surface area contributed by atoms with Crippen molar-refractivity contribution >= 4 is 11.9 Å². The van der Waals surface area contributed by atoms with E-state index in [-0.39, 0.29) is 12.4 Å². The summed E-state index contributed by atoms with van der Waals surface area (Å²) in [6.45, 7) is 3.61. The maximum absolute atomic E-state index is 13.4. The Bertz CT molecular complexity index is 372. The fraction of sp³-hybridized carbons (Fsp3) is 0.300. The van der Waals surface area contributed by atoms with Crippen molar-refractivity contribution in [3.05, 3.63) is 29.1 Å². The third-order valence-corrected chi connectivity index (χ3v) is 1.90. The second-order valence-electron chi connectivity index (χ2n) is 2.97. The highest BCUT2D eigenvalue weighted by atomic mass is 19.1. The van der Waals surface area contributed by atoms with Gasteiger partial charge in [-0.1, -0.05) is 6.07 Å². The average molecular weight is 193 g/mol. The molecule has 1 N–H and O–H groups in total. The Hall–Kier alpha value is -1.58. The summed E-state index contributed by atoms with van der Waals surface area (Å²) in [7, 11) is 0.